The van der Waals surface area contributed by atoms with Gasteiger partial charge in [0, 0.05) is 0 Å². The third kappa shape index (κ3) is 3.81. The Hall–Kier alpha value is -0.510. The fourth-order valence-corrected chi connectivity index (χ4v) is 3.09. The first kappa shape index (κ1) is 13.6. The average molecular weight is 221 g/mol. The molecule has 1 heteroatoms. The van der Waals surface area contributed by atoms with Gasteiger partial charge in [0.25, 0.3) is 0 Å². The minimum absolute atomic E-state index is 0.0483. The molecule has 1 aliphatic rings. The molecular formula is C15H27N. The van der Waals surface area contributed by atoms with Crippen LogP contribution in [-0.4, -0.2) is 0 Å². The number of rotatable bonds is 6. The van der Waals surface area contributed by atoms with Crippen LogP contribution in [0.25, 0.3) is 0 Å². The van der Waals surface area contributed by atoms with Gasteiger partial charge in [-0.25, -0.2) is 0 Å². The molecule has 0 spiro atoms. The van der Waals surface area contributed by atoms with Crippen LogP contribution < -0.4 is 0 Å². The molecule has 1 atom stereocenters. The minimum Gasteiger partial charge on any atom is -0.198 e. The van der Waals surface area contributed by atoms with Gasteiger partial charge in [0.1, 0.15) is 0 Å². The highest BCUT2D eigenvalue weighted by Crippen LogP contribution is 2.42. The Bertz CT molecular complexity index is 220. The molecule has 0 N–H and O–H groups in total. The normalized spacial score (nSPS) is 21.3. The van der Waals surface area contributed by atoms with Gasteiger partial charge >= 0.3 is 0 Å². The molecule has 0 bridgehead atoms. The van der Waals surface area contributed by atoms with Crippen molar-refractivity contribution < 1.29 is 0 Å². The van der Waals surface area contributed by atoms with Gasteiger partial charge in [0.2, 0.25) is 0 Å². The van der Waals surface area contributed by atoms with Crippen molar-refractivity contribution in [2.24, 2.45) is 11.3 Å². The van der Waals surface area contributed by atoms with Crippen LogP contribution in [-0.2, 0) is 0 Å². The molecule has 0 saturated heterocycles. The third-order valence-electron chi connectivity index (χ3n) is 4.27. The Labute approximate surface area is 101 Å². The standard InChI is InChI=1S/C15H27N/c1-3-5-9-14(4-2)12-15(13-16)10-7-6-8-11-15/h14H,3-12H2,1-2H3. The monoisotopic (exact) mass is 221 g/mol. The number of nitrogens with zero attached hydrogens (tertiary/aromatic N) is 1. The summed E-state index contributed by atoms with van der Waals surface area (Å²) in [6.45, 7) is 4.54. The van der Waals surface area contributed by atoms with E-state index in [0.29, 0.717) is 0 Å². The minimum atomic E-state index is 0.0483. The smallest absolute Gasteiger partial charge is 0.0689 e. The van der Waals surface area contributed by atoms with E-state index in [1.807, 2.05) is 0 Å². The molecule has 1 rings (SSSR count). The van der Waals surface area contributed by atoms with E-state index in [1.54, 1.807) is 0 Å². The van der Waals surface area contributed by atoms with Crippen molar-refractivity contribution in [1.82, 2.24) is 0 Å². The Balaban J connectivity index is 2.49. The summed E-state index contributed by atoms with van der Waals surface area (Å²) in [4.78, 5) is 0. The van der Waals surface area contributed by atoms with Crippen LogP contribution in [0, 0.1) is 22.7 Å². The van der Waals surface area contributed by atoms with Crippen LogP contribution in [0.1, 0.15) is 78.1 Å². The number of nitriles is 1. The topological polar surface area (TPSA) is 23.8 Å². The highest BCUT2D eigenvalue weighted by Gasteiger charge is 2.33. The summed E-state index contributed by atoms with van der Waals surface area (Å²) >= 11 is 0. The highest BCUT2D eigenvalue weighted by atomic mass is 14.4. The Morgan fingerprint density at radius 3 is 2.38 bits per heavy atom. The first-order chi connectivity index (χ1) is 7.76. The van der Waals surface area contributed by atoms with E-state index >= 15 is 0 Å². The summed E-state index contributed by atoms with van der Waals surface area (Å²) in [7, 11) is 0. The molecule has 16 heavy (non-hydrogen) atoms. The summed E-state index contributed by atoms with van der Waals surface area (Å²) in [5.41, 5.74) is 0.0483. The summed E-state index contributed by atoms with van der Waals surface area (Å²) in [5, 5.41) is 9.46. The van der Waals surface area contributed by atoms with Crippen LogP contribution in [0.15, 0.2) is 0 Å². The molecule has 0 aromatic heterocycles. The van der Waals surface area contributed by atoms with Gasteiger partial charge in [-0.15, -0.1) is 0 Å². The van der Waals surface area contributed by atoms with Crippen LogP contribution in [0.4, 0.5) is 0 Å². The van der Waals surface area contributed by atoms with E-state index in [4.69, 9.17) is 0 Å². The van der Waals surface area contributed by atoms with Crippen molar-refractivity contribution >= 4 is 0 Å². The second-order valence-electron chi connectivity index (χ2n) is 5.57. The number of hydrogen-bond acceptors (Lipinski definition) is 1. The largest absolute Gasteiger partial charge is 0.198 e. The van der Waals surface area contributed by atoms with Crippen LogP contribution in [0.5, 0.6) is 0 Å². The maximum absolute atomic E-state index is 9.46. The van der Waals surface area contributed by atoms with E-state index in [9.17, 15) is 5.26 Å². The lowest BCUT2D eigenvalue weighted by molar-refractivity contribution is 0.199. The Morgan fingerprint density at radius 1 is 1.19 bits per heavy atom. The summed E-state index contributed by atoms with van der Waals surface area (Å²) in [6, 6.07) is 2.66. The van der Waals surface area contributed by atoms with Crippen molar-refractivity contribution in [2.45, 2.75) is 78.1 Å². The van der Waals surface area contributed by atoms with Gasteiger partial charge in [-0.1, -0.05) is 58.8 Å². The maximum Gasteiger partial charge on any atom is 0.0689 e. The lowest BCUT2D eigenvalue weighted by atomic mass is 9.69. The Morgan fingerprint density at radius 2 is 1.88 bits per heavy atom. The molecular weight excluding hydrogens is 194 g/mol. The molecule has 0 radical (unpaired) electrons. The van der Waals surface area contributed by atoms with E-state index in [0.717, 1.165) is 18.8 Å². The second-order valence-corrected chi connectivity index (χ2v) is 5.57. The summed E-state index contributed by atoms with van der Waals surface area (Å²) in [5.74, 6) is 0.790. The van der Waals surface area contributed by atoms with Crippen molar-refractivity contribution in [3.63, 3.8) is 0 Å². The van der Waals surface area contributed by atoms with Gasteiger partial charge in [-0.05, 0) is 25.2 Å². The average Bonchev–Trinajstić information content (AvgIpc) is 2.35. The van der Waals surface area contributed by atoms with E-state index in [-0.39, 0.29) is 5.41 Å². The highest BCUT2D eigenvalue weighted by molar-refractivity contribution is 5.01. The predicted octanol–water partition coefficient (Wildman–Crippen LogP) is 5.07. The van der Waals surface area contributed by atoms with Gasteiger partial charge < -0.3 is 0 Å². The molecule has 1 nitrogen and oxygen atoms in total. The predicted molar refractivity (Wildman–Crippen MR) is 69.1 cm³/mol. The second kappa shape index (κ2) is 6.94. The molecule has 0 aliphatic heterocycles. The van der Waals surface area contributed by atoms with Crippen molar-refractivity contribution in [3.05, 3.63) is 0 Å². The fraction of sp³-hybridized carbons (Fsp3) is 0.933. The van der Waals surface area contributed by atoms with Gasteiger partial charge in [0.15, 0.2) is 0 Å². The number of hydrogen-bond donors (Lipinski definition) is 0. The molecule has 0 aromatic rings. The molecule has 1 saturated carbocycles. The third-order valence-corrected chi connectivity index (χ3v) is 4.27. The zero-order valence-electron chi connectivity index (χ0n) is 11.1. The zero-order valence-corrected chi connectivity index (χ0v) is 11.1. The number of unbranched alkanes of at least 4 members (excludes halogenated alkanes) is 1. The molecule has 1 aliphatic carbocycles. The summed E-state index contributed by atoms with van der Waals surface area (Å²) in [6.07, 6.45) is 12.6. The first-order valence-corrected chi connectivity index (χ1v) is 7.17. The zero-order chi connectivity index (χ0) is 11.9. The van der Waals surface area contributed by atoms with Crippen molar-refractivity contribution in [1.29, 1.82) is 5.26 Å². The molecule has 1 unspecified atom stereocenters. The van der Waals surface area contributed by atoms with Crippen LogP contribution in [0.3, 0.4) is 0 Å². The van der Waals surface area contributed by atoms with Crippen molar-refractivity contribution in [3.8, 4) is 6.07 Å². The quantitative estimate of drug-likeness (QED) is 0.614. The Kier molecular flexibility index (Phi) is 5.88. The molecule has 1 fully saturated rings. The van der Waals surface area contributed by atoms with E-state index in [2.05, 4.69) is 19.9 Å². The lowest BCUT2D eigenvalue weighted by Gasteiger charge is -2.33. The van der Waals surface area contributed by atoms with Gasteiger partial charge in [-0.3, -0.25) is 0 Å². The SMILES string of the molecule is CCCCC(CC)CC1(C#N)CCCCC1. The molecule has 0 amide bonds. The van der Waals surface area contributed by atoms with Crippen molar-refractivity contribution in [2.75, 3.05) is 0 Å². The fourth-order valence-electron chi connectivity index (χ4n) is 3.09. The first-order valence-electron chi connectivity index (χ1n) is 7.17. The lowest BCUT2D eigenvalue weighted by Crippen LogP contribution is -2.25. The molecule has 92 valence electrons. The van der Waals surface area contributed by atoms with Gasteiger partial charge in [-0.2, -0.15) is 5.26 Å². The van der Waals surface area contributed by atoms with E-state index in [1.165, 1.54) is 51.4 Å². The van der Waals surface area contributed by atoms with E-state index < -0.39 is 0 Å². The molecule has 0 aromatic carbocycles. The molecule has 0 heterocycles. The van der Waals surface area contributed by atoms with Crippen LogP contribution in [0.2, 0.25) is 0 Å². The maximum atomic E-state index is 9.46. The van der Waals surface area contributed by atoms with Gasteiger partial charge in [0.05, 0.1) is 11.5 Å². The summed E-state index contributed by atoms with van der Waals surface area (Å²) < 4.78 is 0. The van der Waals surface area contributed by atoms with Crippen LogP contribution >= 0.6 is 0 Å².